The molecule has 1 amide bonds. The predicted octanol–water partition coefficient (Wildman–Crippen LogP) is 4.81. The van der Waals surface area contributed by atoms with E-state index >= 15 is 0 Å². The summed E-state index contributed by atoms with van der Waals surface area (Å²) < 4.78 is 31.5. The number of methoxy groups -OCH3 is 1. The lowest BCUT2D eigenvalue weighted by Gasteiger charge is -2.30. The highest BCUT2D eigenvalue weighted by atomic mass is 35.5. The van der Waals surface area contributed by atoms with Crippen LogP contribution in [0.4, 0.5) is 5.69 Å². The molecule has 2 aromatic carbocycles. The molecule has 6 nitrogen and oxygen atoms in total. The van der Waals surface area contributed by atoms with Gasteiger partial charge in [0.25, 0.3) is 0 Å². The van der Waals surface area contributed by atoms with Gasteiger partial charge in [-0.2, -0.15) is 0 Å². The Morgan fingerprint density at radius 3 is 2.26 bits per heavy atom. The molecule has 0 aliphatic heterocycles. The Hall–Kier alpha value is -2.25. The highest BCUT2D eigenvalue weighted by Crippen LogP contribution is 2.32. The summed E-state index contributed by atoms with van der Waals surface area (Å²) in [5, 5.41) is 3.35. The van der Waals surface area contributed by atoms with Gasteiger partial charge in [0.05, 0.1) is 25.1 Å². The summed E-state index contributed by atoms with van der Waals surface area (Å²) in [6.45, 7) is 9.56. The smallest absolute Gasteiger partial charge is 0.244 e. The molecule has 31 heavy (non-hydrogen) atoms. The second-order valence-corrected chi connectivity index (χ2v) is 10.3. The molecule has 8 heteroatoms. The zero-order valence-electron chi connectivity index (χ0n) is 19.1. The molecule has 170 valence electrons. The SMILES string of the molecule is COc1cc(C)c(C(C)NC(=O)C(C)N(c2cccc(Cl)c2)S(C)(=O)=O)cc1C(C)C. The molecule has 2 rings (SSSR count). The minimum absolute atomic E-state index is 0.250. The number of carbonyl (C=O) groups is 1. The van der Waals surface area contributed by atoms with E-state index in [-0.39, 0.29) is 12.0 Å². The Labute approximate surface area is 190 Å². The molecule has 0 radical (unpaired) electrons. The first-order valence-electron chi connectivity index (χ1n) is 10.1. The van der Waals surface area contributed by atoms with Gasteiger partial charge >= 0.3 is 0 Å². The van der Waals surface area contributed by atoms with E-state index in [1.807, 2.05) is 26.0 Å². The standard InChI is InChI=1S/C23H31ClN2O4S/c1-14(2)20-13-21(15(3)11-22(20)30-6)16(4)25-23(27)17(5)26(31(7,28)29)19-10-8-9-18(24)12-19/h8-14,16-17H,1-7H3,(H,25,27). The third-order valence-electron chi connectivity index (χ3n) is 5.22. The molecular formula is C23H31ClN2O4S. The topological polar surface area (TPSA) is 75.7 Å². The Bertz CT molecular complexity index is 1050. The van der Waals surface area contributed by atoms with Gasteiger partial charge in [-0.15, -0.1) is 0 Å². The number of amides is 1. The minimum atomic E-state index is -3.72. The minimum Gasteiger partial charge on any atom is -0.496 e. The van der Waals surface area contributed by atoms with Crippen molar-refractivity contribution in [3.8, 4) is 5.75 Å². The van der Waals surface area contributed by atoms with Crippen LogP contribution in [0, 0.1) is 6.92 Å². The van der Waals surface area contributed by atoms with Crippen LogP contribution in [-0.2, 0) is 14.8 Å². The van der Waals surface area contributed by atoms with Crippen molar-refractivity contribution < 1.29 is 17.9 Å². The van der Waals surface area contributed by atoms with Crippen LogP contribution in [0.2, 0.25) is 5.02 Å². The number of aryl methyl sites for hydroxylation is 1. The first-order chi connectivity index (χ1) is 14.4. The second-order valence-electron chi connectivity index (χ2n) is 8.05. The zero-order valence-corrected chi connectivity index (χ0v) is 20.6. The molecular weight excluding hydrogens is 436 g/mol. The molecule has 0 heterocycles. The Morgan fingerprint density at radius 1 is 1.10 bits per heavy atom. The van der Waals surface area contributed by atoms with Crippen molar-refractivity contribution >= 4 is 33.2 Å². The van der Waals surface area contributed by atoms with Crippen LogP contribution in [0.1, 0.15) is 56.3 Å². The number of benzene rings is 2. The van der Waals surface area contributed by atoms with Crippen molar-refractivity contribution in [2.75, 3.05) is 17.7 Å². The number of rotatable bonds is 8. The maximum absolute atomic E-state index is 13.1. The monoisotopic (exact) mass is 466 g/mol. The average Bonchev–Trinajstić information content (AvgIpc) is 2.66. The number of halogens is 1. The molecule has 0 fully saturated rings. The molecule has 0 aliphatic carbocycles. The predicted molar refractivity (Wildman–Crippen MR) is 127 cm³/mol. The first kappa shape index (κ1) is 25.0. The van der Waals surface area contributed by atoms with E-state index in [1.165, 1.54) is 6.07 Å². The number of hydrogen-bond acceptors (Lipinski definition) is 4. The fourth-order valence-corrected chi connectivity index (χ4v) is 5.00. The van der Waals surface area contributed by atoms with Gasteiger partial charge < -0.3 is 10.1 Å². The summed E-state index contributed by atoms with van der Waals surface area (Å²) in [7, 11) is -2.08. The second kappa shape index (κ2) is 9.92. The van der Waals surface area contributed by atoms with Gasteiger partial charge in [-0.25, -0.2) is 8.42 Å². The Morgan fingerprint density at radius 2 is 1.74 bits per heavy atom. The molecule has 0 saturated heterocycles. The summed E-state index contributed by atoms with van der Waals surface area (Å²) in [6, 6.07) is 9.17. The lowest BCUT2D eigenvalue weighted by molar-refractivity contribution is -0.122. The van der Waals surface area contributed by atoms with Gasteiger partial charge in [-0.3, -0.25) is 9.10 Å². The molecule has 2 aromatic rings. The van der Waals surface area contributed by atoms with Crippen LogP contribution in [0.15, 0.2) is 36.4 Å². The van der Waals surface area contributed by atoms with Crippen LogP contribution in [-0.4, -0.2) is 33.7 Å². The molecule has 1 N–H and O–H groups in total. The van der Waals surface area contributed by atoms with E-state index in [2.05, 4.69) is 19.2 Å². The van der Waals surface area contributed by atoms with Crippen molar-refractivity contribution in [1.82, 2.24) is 5.32 Å². The van der Waals surface area contributed by atoms with E-state index in [4.69, 9.17) is 16.3 Å². The Kier molecular flexibility index (Phi) is 8.00. The van der Waals surface area contributed by atoms with Gasteiger partial charge in [-0.1, -0.05) is 31.5 Å². The summed E-state index contributed by atoms with van der Waals surface area (Å²) in [5.74, 6) is 0.659. The Balaban J connectivity index is 2.33. The van der Waals surface area contributed by atoms with Crippen molar-refractivity contribution in [2.45, 2.75) is 52.6 Å². The number of nitrogens with one attached hydrogen (secondary N) is 1. The summed E-state index contributed by atoms with van der Waals surface area (Å²) >= 11 is 6.04. The highest BCUT2D eigenvalue weighted by molar-refractivity contribution is 7.92. The summed E-state index contributed by atoms with van der Waals surface area (Å²) in [6.07, 6.45) is 1.07. The van der Waals surface area contributed by atoms with E-state index in [0.29, 0.717) is 10.7 Å². The van der Waals surface area contributed by atoms with E-state index < -0.39 is 22.0 Å². The molecule has 0 bridgehead atoms. The number of anilines is 1. The fraction of sp³-hybridized carbons (Fsp3) is 0.435. The fourth-order valence-electron chi connectivity index (χ4n) is 3.64. The van der Waals surface area contributed by atoms with Crippen LogP contribution in [0.5, 0.6) is 5.75 Å². The maximum atomic E-state index is 13.1. The number of carbonyl (C=O) groups excluding carboxylic acids is 1. The number of sulfonamides is 1. The van der Waals surface area contributed by atoms with Gasteiger partial charge in [0, 0.05) is 5.02 Å². The van der Waals surface area contributed by atoms with Crippen molar-refractivity contribution in [2.24, 2.45) is 0 Å². The lowest BCUT2D eigenvalue weighted by atomic mass is 9.93. The summed E-state index contributed by atoms with van der Waals surface area (Å²) in [5.41, 5.74) is 3.33. The van der Waals surface area contributed by atoms with E-state index in [9.17, 15) is 13.2 Å². The van der Waals surface area contributed by atoms with E-state index in [1.54, 1.807) is 32.2 Å². The van der Waals surface area contributed by atoms with E-state index in [0.717, 1.165) is 33.0 Å². The van der Waals surface area contributed by atoms with Crippen LogP contribution in [0.3, 0.4) is 0 Å². The maximum Gasteiger partial charge on any atom is 0.244 e. The molecule has 0 aromatic heterocycles. The molecule has 0 saturated carbocycles. The van der Waals surface area contributed by atoms with Crippen LogP contribution in [0.25, 0.3) is 0 Å². The van der Waals surface area contributed by atoms with Gasteiger partial charge in [-0.05, 0) is 73.7 Å². The molecule has 2 unspecified atom stereocenters. The van der Waals surface area contributed by atoms with Crippen molar-refractivity contribution in [3.63, 3.8) is 0 Å². The number of nitrogens with zero attached hydrogens (tertiary/aromatic N) is 1. The molecule has 2 atom stereocenters. The first-order valence-corrected chi connectivity index (χ1v) is 12.3. The quantitative estimate of drug-likeness (QED) is 0.605. The third-order valence-corrected chi connectivity index (χ3v) is 6.69. The van der Waals surface area contributed by atoms with Crippen LogP contribution < -0.4 is 14.4 Å². The average molecular weight is 467 g/mol. The molecule has 0 spiro atoms. The highest BCUT2D eigenvalue weighted by Gasteiger charge is 2.30. The van der Waals surface area contributed by atoms with Gasteiger partial charge in [0.15, 0.2) is 0 Å². The molecule has 0 aliphatic rings. The van der Waals surface area contributed by atoms with Gasteiger partial charge in [0.1, 0.15) is 11.8 Å². The van der Waals surface area contributed by atoms with Gasteiger partial charge in [0.2, 0.25) is 15.9 Å². The largest absolute Gasteiger partial charge is 0.496 e. The zero-order chi connectivity index (χ0) is 23.5. The van der Waals surface area contributed by atoms with Crippen molar-refractivity contribution in [1.29, 1.82) is 0 Å². The summed E-state index contributed by atoms with van der Waals surface area (Å²) in [4.78, 5) is 13.1. The number of hydrogen-bond donors (Lipinski definition) is 1. The normalized spacial score (nSPS) is 13.6. The van der Waals surface area contributed by atoms with Crippen LogP contribution >= 0.6 is 11.6 Å². The third kappa shape index (κ3) is 5.92. The lowest BCUT2D eigenvalue weighted by Crippen LogP contribution is -2.48. The van der Waals surface area contributed by atoms with Crippen molar-refractivity contribution in [3.05, 3.63) is 58.1 Å². The number of ether oxygens (including phenoxy) is 1.